The maximum absolute atomic E-state index is 13.6. The van der Waals surface area contributed by atoms with Crippen LogP contribution in [0, 0.1) is 0 Å². The molecule has 2 atom stereocenters. The molecule has 100 valence electrons. The number of hydrogen-bond acceptors (Lipinski definition) is 3. The van der Waals surface area contributed by atoms with Gasteiger partial charge in [-0.1, -0.05) is 0 Å². The van der Waals surface area contributed by atoms with Gasteiger partial charge in [0.2, 0.25) is 0 Å². The predicted molar refractivity (Wildman–Crippen MR) is 59.9 cm³/mol. The number of halogens is 2. The molecule has 0 unspecified atom stereocenters. The second-order valence-corrected chi connectivity index (χ2v) is 5.44. The van der Waals surface area contributed by atoms with E-state index in [2.05, 4.69) is 5.32 Å². The molecular formula is C11H20F2N2O2. The van der Waals surface area contributed by atoms with Crippen molar-refractivity contribution in [2.45, 2.75) is 63.6 Å². The van der Waals surface area contributed by atoms with Gasteiger partial charge >= 0.3 is 6.09 Å². The number of nitrogens with two attached hydrogens (primary N) is 1. The molecule has 0 saturated heterocycles. The summed E-state index contributed by atoms with van der Waals surface area (Å²) in [5, 5.41) is 2.18. The van der Waals surface area contributed by atoms with Gasteiger partial charge in [0.05, 0.1) is 0 Å². The van der Waals surface area contributed by atoms with E-state index >= 15 is 0 Å². The summed E-state index contributed by atoms with van der Waals surface area (Å²) in [7, 11) is 0. The van der Waals surface area contributed by atoms with Crippen molar-refractivity contribution in [1.29, 1.82) is 0 Å². The van der Waals surface area contributed by atoms with Gasteiger partial charge in [-0.25, -0.2) is 13.6 Å². The minimum absolute atomic E-state index is 0.249. The number of alkyl halides is 2. The van der Waals surface area contributed by atoms with Gasteiger partial charge in [0.1, 0.15) is 11.6 Å². The van der Waals surface area contributed by atoms with Crippen LogP contribution in [0.3, 0.4) is 0 Å². The summed E-state index contributed by atoms with van der Waals surface area (Å²) in [6.07, 6.45) is -0.239. The molecule has 0 radical (unpaired) electrons. The molecule has 0 bridgehead atoms. The average molecular weight is 250 g/mol. The Kier molecular flexibility index (Phi) is 3.96. The van der Waals surface area contributed by atoms with E-state index in [-0.39, 0.29) is 6.42 Å². The van der Waals surface area contributed by atoms with Crippen LogP contribution in [-0.4, -0.2) is 29.7 Å². The fourth-order valence-corrected chi connectivity index (χ4v) is 1.86. The normalized spacial score (nSPS) is 28.6. The number of carbonyl (C=O) groups is 1. The van der Waals surface area contributed by atoms with Crippen LogP contribution < -0.4 is 11.1 Å². The molecule has 3 N–H and O–H groups in total. The Labute approximate surface area is 99.9 Å². The summed E-state index contributed by atoms with van der Waals surface area (Å²) >= 11 is 0. The lowest BCUT2D eigenvalue weighted by molar-refractivity contribution is -0.0715. The quantitative estimate of drug-likeness (QED) is 0.748. The third-order valence-corrected chi connectivity index (χ3v) is 2.60. The molecule has 0 aromatic heterocycles. The molecule has 1 saturated carbocycles. The topological polar surface area (TPSA) is 64.3 Å². The standard InChI is InChI=1S/C11H20F2N2O2/c1-10(2,3)17-9(16)15-8-7(14)5-4-6-11(8,12)13/h7-8H,4-6,14H2,1-3H3,(H,15,16)/t7-,8+/m1/s1. The highest BCUT2D eigenvalue weighted by molar-refractivity contribution is 5.68. The first-order chi connectivity index (χ1) is 7.62. The molecule has 1 rings (SSSR count). The Balaban J connectivity index is 2.62. The Hall–Kier alpha value is -0.910. The Morgan fingerprint density at radius 1 is 1.47 bits per heavy atom. The Morgan fingerprint density at radius 3 is 2.53 bits per heavy atom. The average Bonchev–Trinajstić information content (AvgIpc) is 2.08. The summed E-state index contributed by atoms with van der Waals surface area (Å²) in [6, 6.07) is -2.07. The molecule has 0 aliphatic heterocycles. The zero-order valence-electron chi connectivity index (χ0n) is 10.4. The van der Waals surface area contributed by atoms with Gasteiger partial charge in [-0.15, -0.1) is 0 Å². The number of nitrogens with one attached hydrogen (secondary N) is 1. The number of amides is 1. The molecule has 6 heteroatoms. The molecular weight excluding hydrogens is 230 g/mol. The molecule has 17 heavy (non-hydrogen) atoms. The summed E-state index contributed by atoms with van der Waals surface area (Å²) in [5.41, 5.74) is 4.91. The third-order valence-electron chi connectivity index (χ3n) is 2.60. The SMILES string of the molecule is CC(C)(C)OC(=O)N[C@H]1[C@H](N)CCCC1(F)F. The van der Waals surface area contributed by atoms with Crippen molar-refractivity contribution in [2.24, 2.45) is 5.73 Å². The van der Waals surface area contributed by atoms with Crippen LogP contribution in [0.15, 0.2) is 0 Å². The summed E-state index contributed by atoms with van der Waals surface area (Å²) in [5.74, 6) is -2.96. The van der Waals surface area contributed by atoms with Crippen LogP contribution in [-0.2, 0) is 4.74 Å². The summed E-state index contributed by atoms with van der Waals surface area (Å²) < 4.78 is 32.1. The molecule has 1 aliphatic rings. The monoisotopic (exact) mass is 250 g/mol. The zero-order valence-corrected chi connectivity index (χ0v) is 10.4. The highest BCUT2D eigenvalue weighted by Crippen LogP contribution is 2.33. The van der Waals surface area contributed by atoms with Crippen LogP contribution in [0.5, 0.6) is 0 Å². The van der Waals surface area contributed by atoms with Crippen molar-refractivity contribution in [3.05, 3.63) is 0 Å². The third kappa shape index (κ3) is 4.11. The van der Waals surface area contributed by atoms with Gasteiger partial charge in [-0.3, -0.25) is 0 Å². The van der Waals surface area contributed by atoms with Crippen molar-refractivity contribution < 1.29 is 18.3 Å². The Morgan fingerprint density at radius 2 is 2.06 bits per heavy atom. The van der Waals surface area contributed by atoms with Crippen molar-refractivity contribution in [2.75, 3.05) is 0 Å². The van der Waals surface area contributed by atoms with Gasteiger partial charge in [0.15, 0.2) is 0 Å². The molecule has 1 amide bonds. The maximum Gasteiger partial charge on any atom is 0.408 e. The maximum atomic E-state index is 13.6. The molecule has 0 heterocycles. The zero-order chi connectivity index (χ0) is 13.3. The minimum Gasteiger partial charge on any atom is -0.444 e. The second-order valence-electron chi connectivity index (χ2n) is 5.44. The predicted octanol–water partition coefficient (Wildman–Crippen LogP) is 2.03. The van der Waals surface area contributed by atoms with E-state index in [0.717, 1.165) is 0 Å². The molecule has 0 spiro atoms. The smallest absolute Gasteiger partial charge is 0.408 e. The van der Waals surface area contributed by atoms with Crippen molar-refractivity contribution in [1.82, 2.24) is 5.32 Å². The first-order valence-electron chi connectivity index (χ1n) is 5.75. The summed E-state index contributed by atoms with van der Waals surface area (Å²) in [6.45, 7) is 5.02. The first-order valence-corrected chi connectivity index (χ1v) is 5.75. The van der Waals surface area contributed by atoms with E-state index in [4.69, 9.17) is 10.5 Å². The van der Waals surface area contributed by atoms with Crippen LogP contribution in [0.2, 0.25) is 0 Å². The first kappa shape index (κ1) is 14.2. The highest BCUT2D eigenvalue weighted by atomic mass is 19.3. The number of carbonyl (C=O) groups excluding carboxylic acids is 1. The van der Waals surface area contributed by atoms with Crippen molar-refractivity contribution in [3.8, 4) is 0 Å². The lowest BCUT2D eigenvalue weighted by Gasteiger charge is -2.36. The van der Waals surface area contributed by atoms with Gasteiger partial charge in [0.25, 0.3) is 5.92 Å². The van der Waals surface area contributed by atoms with Gasteiger partial charge in [-0.2, -0.15) is 0 Å². The number of alkyl carbamates (subject to hydrolysis) is 1. The van der Waals surface area contributed by atoms with Gasteiger partial charge in [-0.05, 0) is 33.6 Å². The van der Waals surface area contributed by atoms with E-state index in [1.807, 2.05) is 0 Å². The van der Waals surface area contributed by atoms with E-state index in [0.29, 0.717) is 12.8 Å². The minimum atomic E-state index is -2.96. The molecule has 0 aromatic rings. The number of ether oxygens (including phenoxy) is 1. The summed E-state index contributed by atoms with van der Waals surface area (Å²) in [4.78, 5) is 11.4. The molecule has 0 aromatic carbocycles. The van der Waals surface area contributed by atoms with Gasteiger partial charge in [0, 0.05) is 12.5 Å². The Bertz CT molecular complexity index is 290. The fourth-order valence-electron chi connectivity index (χ4n) is 1.86. The fraction of sp³-hybridized carbons (Fsp3) is 0.909. The number of rotatable bonds is 1. The van der Waals surface area contributed by atoms with E-state index < -0.39 is 29.7 Å². The lowest BCUT2D eigenvalue weighted by atomic mass is 9.87. The molecule has 1 aliphatic carbocycles. The van der Waals surface area contributed by atoms with E-state index in [9.17, 15) is 13.6 Å². The van der Waals surface area contributed by atoms with Crippen molar-refractivity contribution in [3.63, 3.8) is 0 Å². The van der Waals surface area contributed by atoms with E-state index in [1.165, 1.54) is 0 Å². The lowest BCUT2D eigenvalue weighted by Crippen LogP contribution is -2.60. The second kappa shape index (κ2) is 4.76. The molecule has 4 nitrogen and oxygen atoms in total. The number of hydrogen-bond donors (Lipinski definition) is 2. The van der Waals surface area contributed by atoms with E-state index in [1.54, 1.807) is 20.8 Å². The largest absolute Gasteiger partial charge is 0.444 e. The van der Waals surface area contributed by atoms with Gasteiger partial charge < -0.3 is 15.8 Å². The highest BCUT2D eigenvalue weighted by Gasteiger charge is 2.47. The van der Waals surface area contributed by atoms with Crippen LogP contribution in [0.4, 0.5) is 13.6 Å². The van der Waals surface area contributed by atoms with Crippen LogP contribution in [0.25, 0.3) is 0 Å². The van der Waals surface area contributed by atoms with Crippen LogP contribution in [0.1, 0.15) is 40.0 Å². The van der Waals surface area contributed by atoms with Crippen molar-refractivity contribution >= 4 is 6.09 Å². The molecule has 1 fully saturated rings. The van der Waals surface area contributed by atoms with Crippen LogP contribution >= 0.6 is 0 Å².